The van der Waals surface area contributed by atoms with Crippen molar-refractivity contribution in [1.82, 2.24) is 10.4 Å². The lowest BCUT2D eigenvalue weighted by Gasteiger charge is -2.25. The highest BCUT2D eigenvalue weighted by Gasteiger charge is 2.29. The SMILES string of the molecule is COc1ccc(C)c(-c2cncc(N3NC(C(N)=O)=NC3Cc3ccccc3)c2)c1. The van der Waals surface area contributed by atoms with Crippen molar-refractivity contribution in [3.63, 3.8) is 0 Å². The molecule has 2 heterocycles. The standard InChI is InChI=1S/C23H23N5O2/c1-15-8-9-19(30-2)12-20(15)17-11-18(14-25-13-17)28-21(26-23(27-28)22(24)29)10-16-6-4-3-5-7-16/h3-9,11-14,21H,10H2,1-2H3,(H2,24,29)(H,26,27). The van der Waals surface area contributed by atoms with Crippen LogP contribution in [0.1, 0.15) is 11.1 Å². The third kappa shape index (κ3) is 3.96. The lowest BCUT2D eigenvalue weighted by atomic mass is 10.0. The van der Waals surface area contributed by atoms with Crippen molar-refractivity contribution in [1.29, 1.82) is 0 Å². The number of amidine groups is 1. The highest BCUT2D eigenvalue weighted by Crippen LogP contribution is 2.30. The van der Waals surface area contributed by atoms with Crippen molar-refractivity contribution >= 4 is 17.4 Å². The molecule has 0 radical (unpaired) electrons. The van der Waals surface area contributed by atoms with Crippen LogP contribution in [-0.2, 0) is 11.2 Å². The molecule has 1 aliphatic rings. The van der Waals surface area contributed by atoms with Crippen LogP contribution in [0.5, 0.6) is 5.75 Å². The number of carbonyl (C=O) groups is 1. The number of amides is 1. The van der Waals surface area contributed by atoms with E-state index in [0.717, 1.165) is 33.7 Å². The van der Waals surface area contributed by atoms with Gasteiger partial charge in [-0.05, 0) is 41.8 Å². The van der Waals surface area contributed by atoms with Gasteiger partial charge in [0.05, 0.1) is 19.0 Å². The molecule has 4 rings (SSSR count). The number of methoxy groups -OCH3 is 1. The molecule has 152 valence electrons. The van der Waals surface area contributed by atoms with Gasteiger partial charge in [-0.15, -0.1) is 0 Å². The molecule has 7 nitrogen and oxygen atoms in total. The summed E-state index contributed by atoms with van der Waals surface area (Å²) in [6.45, 7) is 2.04. The van der Waals surface area contributed by atoms with E-state index in [4.69, 9.17) is 10.5 Å². The molecule has 0 spiro atoms. The molecule has 1 atom stereocenters. The molecule has 1 aliphatic heterocycles. The lowest BCUT2D eigenvalue weighted by molar-refractivity contribution is -0.112. The molecule has 2 aromatic carbocycles. The number of nitrogens with zero attached hydrogens (tertiary/aromatic N) is 3. The summed E-state index contributed by atoms with van der Waals surface area (Å²) in [5.74, 6) is 0.323. The van der Waals surface area contributed by atoms with Gasteiger partial charge >= 0.3 is 0 Å². The fourth-order valence-corrected chi connectivity index (χ4v) is 3.49. The van der Waals surface area contributed by atoms with Gasteiger partial charge < -0.3 is 10.5 Å². The number of anilines is 1. The van der Waals surface area contributed by atoms with E-state index < -0.39 is 5.91 Å². The van der Waals surface area contributed by atoms with Gasteiger partial charge in [-0.1, -0.05) is 36.4 Å². The van der Waals surface area contributed by atoms with Crippen molar-refractivity contribution in [3.05, 3.63) is 78.1 Å². The Labute approximate surface area is 175 Å². The molecule has 3 N–H and O–H groups in total. The Morgan fingerprint density at radius 1 is 1.17 bits per heavy atom. The minimum absolute atomic E-state index is 0.138. The molecule has 1 amide bonds. The molecular weight excluding hydrogens is 378 g/mol. The first-order chi connectivity index (χ1) is 14.5. The zero-order chi connectivity index (χ0) is 21.1. The van der Waals surface area contributed by atoms with Gasteiger partial charge in [-0.25, -0.2) is 4.99 Å². The van der Waals surface area contributed by atoms with Crippen LogP contribution in [0.3, 0.4) is 0 Å². The Bertz CT molecular complexity index is 1100. The number of nitrogens with one attached hydrogen (secondary N) is 1. The van der Waals surface area contributed by atoms with Crippen molar-refractivity contribution in [2.45, 2.75) is 19.5 Å². The maximum atomic E-state index is 11.8. The third-order valence-corrected chi connectivity index (χ3v) is 5.05. The van der Waals surface area contributed by atoms with E-state index in [0.29, 0.717) is 6.42 Å². The third-order valence-electron chi connectivity index (χ3n) is 5.05. The minimum Gasteiger partial charge on any atom is -0.497 e. The van der Waals surface area contributed by atoms with Crippen molar-refractivity contribution in [2.75, 3.05) is 12.1 Å². The Hall–Kier alpha value is -3.87. The second-order valence-corrected chi connectivity index (χ2v) is 7.11. The predicted molar refractivity (Wildman–Crippen MR) is 117 cm³/mol. The summed E-state index contributed by atoms with van der Waals surface area (Å²) < 4.78 is 5.37. The molecule has 0 aliphatic carbocycles. The number of hydrazine groups is 1. The van der Waals surface area contributed by atoms with Gasteiger partial charge in [0.25, 0.3) is 5.91 Å². The van der Waals surface area contributed by atoms with Crippen LogP contribution in [0.4, 0.5) is 5.69 Å². The fourth-order valence-electron chi connectivity index (χ4n) is 3.49. The number of aliphatic imine (C=N–C) groups is 1. The maximum absolute atomic E-state index is 11.8. The molecule has 3 aromatic rings. The van der Waals surface area contributed by atoms with E-state index in [1.807, 2.05) is 72.7 Å². The first kappa shape index (κ1) is 19.4. The van der Waals surface area contributed by atoms with Gasteiger partial charge in [-0.3, -0.25) is 20.2 Å². The minimum atomic E-state index is -0.594. The van der Waals surface area contributed by atoms with Crippen LogP contribution in [-0.4, -0.2) is 30.0 Å². The number of hydrogen-bond acceptors (Lipinski definition) is 6. The molecular formula is C23H23N5O2. The average molecular weight is 401 g/mol. The molecule has 30 heavy (non-hydrogen) atoms. The summed E-state index contributed by atoms with van der Waals surface area (Å²) in [4.78, 5) is 20.7. The number of benzene rings is 2. The molecule has 0 saturated heterocycles. The lowest BCUT2D eigenvalue weighted by Crippen LogP contribution is -2.45. The molecule has 0 saturated carbocycles. The zero-order valence-corrected chi connectivity index (χ0v) is 16.9. The first-order valence-electron chi connectivity index (χ1n) is 9.62. The van der Waals surface area contributed by atoms with Gasteiger partial charge in [0.2, 0.25) is 5.84 Å². The highest BCUT2D eigenvalue weighted by molar-refractivity contribution is 6.38. The fraction of sp³-hybridized carbons (Fsp3) is 0.174. The van der Waals surface area contributed by atoms with Crippen molar-refractivity contribution in [3.8, 4) is 16.9 Å². The van der Waals surface area contributed by atoms with Gasteiger partial charge in [0, 0.05) is 18.2 Å². The number of rotatable bonds is 6. The zero-order valence-electron chi connectivity index (χ0n) is 16.9. The Morgan fingerprint density at radius 2 is 1.97 bits per heavy atom. The topological polar surface area (TPSA) is 92.8 Å². The predicted octanol–water partition coefficient (Wildman–Crippen LogP) is 2.84. The first-order valence-corrected chi connectivity index (χ1v) is 9.62. The van der Waals surface area contributed by atoms with Crippen LogP contribution < -0.4 is 20.9 Å². The molecule has 0 bridgehead atoms. The summed E-state index contributed by atoms with van der Waals surface area (Å²) >= 11 is 0. The largest absolute Gasteiger partial charge is 0.497 e. The van der Waals surface area contributed by atoms with Crippen molar-refractivity contribution < 1.29 is 9.53 Å². The Morgan fingerprint density at radius 3 is 2.70 bits per heavy atom. The van der Waals surface area contributed by atoms with Crippen LogP contribution in [0.2, 0.25) is 0 Å². The number of nitrogens with two attached hydrogens (primary N) is 1. The Kier molecular flexibility index (Phi) is 5.34. The summed E-state index contributed by atoms with van der Waals surface area (Å²) in [5.41, 5.74) is 13.5. The average Bonchev–Trinajstić information content (AvgIpc) is 3.19. The van der Waals surface area contributed by atoms with Gasteiger partial charge in [-0.2, -0.15) is 0 Å². The number of primary amides is 1. The number of hydrogen-bond donors (Lipinski definition) is 2. The second kappa shape index (κ2) is 8.24. The van der Waals surface area contributed by atoms with E-state index in [9.17, 15) is 4.79 Å². The van der Waals surface area contributed by atoms with Gasteiger partial charge in [0.1, 0.15) is 11.9 Å². The summed E-state index contributed by atoms with van der Waals surface area (Å²) in [5, 5.41) is 1.83. The number of ether oxygens (including phenoxy) is 1. The normalized spacial score (nSPS) is 15.5. The van der Waals surface area contributed by atoms with Crippen LogP contribution >= 0.6 is 0 Å². The Balaban J connectivity index is 1.68. The molecule has 0 fully saturated rings. The molecule has 1 aromatic heterocycles. The summed E-state index contributed by atoms with van der Waals surface area (Å²) in [6.07, 6.45) is 3.85. The molecule has 7 heteroatoms. The van der Waals surface area contributed by atoms with E-state index in [2.05, 4.69) is 15.4 Å². The number of aryl methyl sites for hydroxylation is 1. The number of carbonyl (C=O) groups excluding carboxylic acids is 1. The number of aromatic nitrogens is 1. The van der Waals surface area contributed by atoms with Crippen LogP contribution in [0.15, 0.2) is 72.0 Å². The van der Waals surface area contributed by atoms with Crippen LogP contribution in [0, 0.1) is 6.92 Å². The van der Waals surface area contributed by atoms with E-state index in [-0.39, 0.29) is 12.0 Å². The van der Waals surface area contributed by atoms with Crippen LogP contribution in [0.25, 0.3) is 11.1 Å². The smallest absolute Gasteiger partial charge is 0.285 e. The maximum Gasteiger partial charge on any atom is 0.285 e. The number of pyridine rings is 1. The summed E-state index contributed by atoms with van der Waals surface area (Å²) in [6, 6.07) is 17.9. The van der Waals surface area contributed by atoms with E-state index >= 15 is 0 Å². The van der Waals surface area contributed by atoms with E-state index in [1.165, 1.54) is 0 Å². The summed E-state index contributed by atoms with van der Waals surface area (Å²) in [7, 11) is 1.65. The molecule has 1 unspecified atom stereocenters. The quantitative estimate of drug-likeness (QED) is 0.663. The van der Waals surface area contributed by atoms with Crippen molar-refractivity contribution in [2.24, 2.45) is 10.7 Å². The van der Waals surface area contributed by atoms with E-state index in [1.54, 1.807) is 13.3 Å². The monoisotopic (exact) mass is 401 g/mol. The van der Waals surface area contributed by atoms with Gasteiger partial charge in [0.15, 0.2) is 0 Å². The highest BCUT2D eigenvalue weighted by atomic mass is 16.5. The second-order valence-electron chi connectivity index (χ2n) is 7.11.